The molecule has 148 valence electrons. The van der Waals surface area contributed by atoms with Crippen LogP contribution < -0.4 is 4.90 Å². The van der Waals surface area contributed by atoms with Gasteiger partial charge in [-0.3, -0.25) is 9.20 Å². The number of fused-ring (bicyclic) bond motifs is 4. The van der Waals surface area contributed by atoms with Gasteiger partial charge in [0.2, 0.25) is 15.6 Å². The van der Waals surface area contributed by atoms with Gasteiger partial charge in [0.25, 0.3) is 0 Å². The SMILES string of the molecule is C[C@@H]1CC(C)(C)N(C(=O)Cn2nc3sc4ccccc4n3c2=S)c2ccccc21. The highest BCUT2D eigenvalue weighted by Crippen LogP contribution is 2.43. The van der Waals surface area contributed by atoms with Crippen LogP contribution in [-0.2, 0) is 11.3 Å². The van der Waals surface area contributed by atoms with E-state index in [9.17, 15) is 4.79 Å². The van der Waals surface area contributed by atoms with E-state index in [-0.39, 0.29) is 18.0 Å². The Hall–Kier alpha value is -2.51. The first kappa shape index (κ1) is 18.5. The Labute approximate surface area is 178 Å². The summed E-state index contributed by atoms with van der Waals surface area (Å²) in [7, 11) is 0. The number of carbonyl (C=O) groups excluding carboxylic acids is 1. The lowest BCUT2D eigenvalue weighted by molar-refractivity contribution is -0.120. The molecule has 1 amide bonds. The number of hydrogen-bond donors (Lipinski definition) is 0. The van der Waals surface area contributed by atoms with Gasteiger partial charge in [0.15, 0.2) is 0 Å². The Bertz CT molecular complexity index is 1310. The molecule has 0 N–H and O–H groups in total. The summed E-state index contributed by atoms with van der Waals surface area (Å²) in [6.07, 6.45) is 0.921. The van der Waals surface area contributed by atoms with E-state index in [2.05, 4.69) is 38.0 Å². The topological polar surface area (TPSA) is 42.5 Å². The molecule has 4 aromatic rings. The molecule has 0 fully saturated rings. The lowest BCUT2D eigenvalue weighted by Gasteiger charge is -2.46. The number of thiazole rings is 1. The molecule has 0 radical (unpaired) electrons. The van der Waals surface area contributed by atoms with Crippen LogP contribution in [0.4, 0.5) is 5.69 Å². The van der Waals surface area contributed by atoms with Crippen molar-refractivity contribution in [2.45, 2.75) is 45.2 Å². The van der Waals surface area contributed by atoms with Gasteiger partial charge in [-0.1, -0.05) is 48.6 Å². The van der Waals surface area contributed by atoms with E-state index in [0.29, 0.717) is 10.7 Å². The second-order valence-corrected chi connectivity index (χ2v) is 9.71. The first-order valence-corrected chi connectivity index (χ1v) is 11.0. The van der Waals surface area contributed by atoms with E-state index in [0.717, 1.165) is 27.3 Å². The summed E-state index contributed by atoms with van der Waals surface area (Å²) < 4.78 is 5.31. The second-order valence-electron chi connectivity index (χ2n) is 8.33. The van der Waals surface area contributed by atoms with Gasteiger partial charge in [-0.15, -0.1) is 5.10 Å². The number of para-hydroxylation sites is 2. The van der Waals surface area contributed by atoms with Crippen molar-refractivity contribution in [2.24, 2.45) is 0 Å². The van der Waals surface area contributed by atoms with Crippen molar-refractivity contribution in [1.82, 2.24) is 14.2 Å². The zero-order valence-electron chi connectivity index (χ0n) is 16.6. The van der Waals surface area contributed by atoms with Crippen LogP contribution in [0.15, 0.2) is 48.5 Å². The lowest BCUT2D eigenvalue weighted by atomic mass is 9.80. The molecule has 29 heavy (non-hydrogen) atoms. The molecule has 1 aliphatic rings. The van der Waals surface area contributed by atoms with Crippen LogP contribution >= 0.6 is 23.6 Å². The van der Waals surface area contributed by atoms with Crippen LogP contribution in [-0.4, -0.2) is 25.6 Å². The molecule has 0 aliphatic carbocycles. The number of nitrogens with zero attached hydrogens (tertiary/aromatic N) is 4. The lowest BCUT2D eigenvalue weighted by Crippen LogP contribution is -2.52. The minimum atomic E-state index is -0.267. The van der Waals surface area contributed by atoms with Gasteiger partial charge in [0, 0.05) is 11.2 Å². The molecule has 1 aliphatic heterocycles. The van der Waals surface area contributed by atoms with Crippen LogP contribution in [0, 0.1) is 4.77 Å². The Kier molecular flexibility index (Phi) is 4.15. The molecule has 5 nitrogen and oxygen atoms in total. The van der Waals surface area contributed by atoms with Gasteiger partial charge in [-0.2, -0.15) is 0 Å². The molecule has 3 heterocycles. The van der Waals surface area contributed by atoms with E-state index in [1.165, 1.54) is 5.56 Å². The number of aromatic nitrogens is 3. The Morgan fingerprint density at radius 1 is 1.21 bits per heavy atom. The van der Waals surface area contributed by atoms with Gasteiger partial charge in [-0.05, 0) is 62.2 Å². The van der Waals surface area contributed by atoms with E-state index in [1.807, 2.05) is 45.7 Å². The predicted molar refractivity (Wildman–Crippen MR) is 120 cm³/mol. The zero-order chi connectivity index (χ0) is 20.3. The molecule has 7 heteroatoms. The summed E-state index contributed by atoms with van der Waals surface area (Å²) in [6, 6.07) is 16.3. The van der Waals surface area contributed by atoms with Crippen LogP contribution in [0.3, 0.4) is 0 Å². The summed E-state index contributed by atoms with van der Waals surface area (Å²) >= 11 is 7.27. The first-order chi connectivity index (χ1) is 13.9. The molecule has 0 unspecified atom stereocenters. The molecule has 5 rings (SSSR count). The van der Waals surface area contributed by atoms with Gasteiger partial charge >= 0.3 is 0 Å². The van der Waals surface area contributed by atoms with Crippen LogP contribution in [0.2, 0.25) is 0 Å². The third kappa shape index (κ3) is 2.83. The van der Waals surface area contributed by atoms with Crippen LogP contribution in [0.5, 0.6) is 0 Å². The molecular formula is C22H22N4OS2. The van der Waals surface area contributed by atoms with Gasteiger partial charge in [-0.25, -0.2) is 4.68 Å². The average molecular weight is 423 g/mol. The maximum atomic E-state index is 13.5. The minimum Gasteiger partial charge on any atom is -0.305 e. The van der Waals surface area contributed by atoms with Crippen molar-refractivity contribution in [2.75, 3.05) is 4.90 Å². The smallest absolute Gasteiger partial charge is 0.249 e. The number of anilines is 1. The number of amides is 1. The third-order valence-corrected chi connectivity index (χ3v) is 7.18. The standard InChI is InChI=1S/C22H22N4OS2/c1-14-12-22(2,3)26(16-9-5-4-8-15(14)16)19(27)13-24-21(28)25-17-10-6-7-11-18(17)29-20(25)23-24/h4-11,14H,12-13H2,1-3H3/t14-/m1/s1. The highest BCUT2D eigenvalue weighted by molar-refractivity contribution is 7.71. The maximum absolute atomic E-state index is 13.5. The third-order valence-electron chi connectivity index (χ3n) is 5.77. The molecule has 0 spiro atoms. The normalized spacial score (nSPS) is 18.3. The van der Waals surface area contributed by atoms with Crippen molar-refractivity contribution >= 4 is 50.3 Å². The summed E-state index contributed by atoms with van der Waals surface area (Å²) in [5, 5.41) is 4.65. The Morgan fingerprint density at radius 2 is 1.93 bits per heavy atom. The highest BCUT2D eigenvalue weighted by atomic mass is 32.1. The molecule has 0 saturated carbocycles. The number of rotatable bonds is 2. The molecule has 2 aromatic carbocycles. The number of carbonyl (C=O) groups is 1. The molecule has 1 atom stereocenters. The summed E-state index contributed by atoms with van der Waals surface area (Å²) in [4.78, 5) is 16.2. The fraction of sp³-hybridized carbons (Fsp3) is 0.318. The van der Waals surface area contributed by atoms with E-state index in [1.54, 1.807) is 16.0 Å². The molecular weight excluding hydrogens is 400 g/mol. The summed E-state index contributed by atoms with van der Waals surface area (Å²) in [5.74, 6) is 0.428. The zero-order valence-corrected chi connectivity index (χ0v) is 18.3. The van der Waals surface area contributed by atoms with Crippen LogP contribution in [0.1, 0.15) is 38.7 Å². The Balaban J connectivity index is 1.56. The second kappa shape index (κ2) is 6.50. The fourth-order valence-corrected chi connectivity index (χ4v) is 6.02. The van der Waals surface area contributed by atoms with Crippen LogP contribution in [0.25, 0.3) is 15.2 Å². The van der Waals surface area contributed by atoms with Crippen molar-refractivity contribution < 1.29 is 4.79 Å². The quantitative estimate of drug-likeness (QED) is 0.406. The molecule has 2 aromatic heterocycles. The fourth-order valence-electron chi connectivity index (χ4n) is 4.64. The predicted octanol–water partition coefficient (Wildman–Crippen LogP) is 5.40. The summed E-state index contributed by atoms with van der Waals surface area (Å²) in [6.45, 7) is 6.63. The number of benzene rings is 2. The molecule has 0 saturated heterocycles. The van der Waals surface area contributed by atoms with Gasteiger partial charge in [0.05, 0.1) is 10.2 Å². The Morgan fingerprint density at radius 3 is 2.76 bits per heavy atom. The van der Waals surface area contributed by atoms with E-state index >= 15 is 0 Å². The van der Waals surface area contributed by atoms with Gasteiger partial charge in [0.1, 0.15) is 6.54 Å². The number of hydrogen-bond acceptors (Lipinski definition) is 4. The average Bonchev–Trinajstić information content (AvgIpc) is 3.17. The summed E-state index contributed by atoms with van der Waals surface area (Å²) in [5.41, 5.74) is 2.99. The monoisotopic (exact) mass is 422 g/mol. The highest BCUT2D eigenvalue weighted by Gasteiger charge is 2.39. The van der Waals surface area contributed by atoms with E-state index in [4.69, 9.17) is 12.2 Å². The van der Waals surface area contributed by atoms with Crippen molar-refractivity contribution in [3.63, 3.8) is 0 Å². The first-order valence-electron chi connectivity index (χ1n) is 9.76. The molecule has 0 bridgehead atoms. The van der Waals surface area contributed by atoms with Crippen molar-refractivity contribution in [3.8, 4) is 0 Å². The minimum absolute atomic E-state index is 0.0144. The van der Waals surface area contributed by atoms with E-state index < -0.39 is 0 Å². The van der Waals surface area contributed by atoms with Crippen molar-refractivity contribution in [3.05, 3.63) is 58.9 Å². The van der Waals surface area contributed by atoms with Gasteiger partial charge < -0.3 is 4.90 Å². The van der Waals surface area contributed by atoms with Crippen molar-refractivity contribution in [1.29, 1.82) is 0 Å². The maximum Gasteiger partial charge on any atom is 0.249 e. The largest absolute Gasteiger partial charge is 0.305 e.